The van der Waals surface area contributed by atoms with Crippen molar-refractivity contribution in [3.63, 3.8) is 0 Å². The normalized spacial score (nSPS) is 27.2. The molecule has 0 bridgehead atoms. The smallest absolute Gasteiger partial charge is 0.0968 e. The molecule has 0 aromatic carbocycles. The molecule has 0 saturated heterocycles. The maximum Gasteiger partial charge on any atom is 0.0968 e. The average molecular weight is 166 g/mol. The van der Waals surface area contributed by atoms with Crippen molar-refractivity contribution in [1.29, 1.82) is 0 Å². The van der Waals surface area contributed by atoms with Crippen molar-refractivity contribution < 1.29 is 0 Å². The lowest BCUT2D eigenvalue weighted by Gasteiger charge is -2.05. The number of amidine groups is 1. The van der Waals surface area contributed by atoms with Gasteiger partial charge < -0.3 is 5.73 Å². The van der Waals surface area contributed by atoms with E-state index in [1.807, 2.05) is 0 Å². The molecule has 2 saturated carbocycles. The van der Waals surface area contributed by atoms with Crippen molar-refractivity contribution in [3.05, 3.63) is 0 Å². The molecule has 2 N–H and O–H groups in total. The first-order chi connectivity index (χ1) is 5.77. The molecule has 1 atom stereocenters. The first-order valence-electron chi connectivity index (χ1n) is 5.07. The first kappa shape index (κ1) is 8.09. The molecule has 0 radical (unpaired) electrons. The van der Waals surface area contributed by atoms with Gasteiger partial charge in [-0.1, -0.05) is 6.92 Å². The Balaban J connectivity index is 1.74. The van der Waals surface area contributed by atoms with E-state index in [1.54, 1.807) is 0 Å². The minimum Gasteiger partial charge on any atom is -0.387 e. The second-order valence-corrected chi connectivity index (χ2v) is 4.35. The Bertz CT molecular complexity index is 190. The molecule has 0 amide bonds. The van der Waals surface area contributed by atoms with Crippen molar-refractivity contribution in [2.45, 2.75) is 32.6 Å². The predicted octanol–water partition coefficient (Wildman–Crippen LogP) is 1.80. The van der Waals surface area contributed by atoms with Crippen molar-refractivity contribution in [2.24, 2.45) is 28.5 Å². The Morgan fingerprint density at radius 1 is 1.42 bits per heavy atom. The predicted molar refractivity (Wildman–Crippen MR) is 51.1 cm³/mol. The largest absolute Gasteiger partial charge is 0.387 e. The number of nitrogens with zero attached hydrogens (tertiary/aromatic N) is 1. The number of aliphatic imine (C=N–C) groups is 1. The summed E-state index contributed by atoms with van der Waals surface area (Å²) in [7, 11) is 0. The van der Waals surface area contributed by atoms with Gasteiger partial charge in [0, 0.05) is 12.5 Å². The van der Waals surface area contributed by atoms with Gasteiger partial charge in [0.05, 0.1) is 5.84 Å². The zero-order valence-corrected chi connectivity index (χ0v) is 7.79. The third-order valence-electron chi connectivity index (χ3n) is 2.98. The van der Waals surface area contributed by atoms with Gasteiger partial charge in [0.25, 0.3) is 0 Å². The molecule has 0 heterocycles. The van der Waals surface area contributed by atoms with E-state index in [1.165, 1.54) is 25.7 Å². The lowest BCUT2D eigenvalue weighted by Crippen LogP contribution is -2.16. The van der Waals surface area contributed by atoms with Crippen LogP contribution in [0.2, 0.25) is 0 Å². The summed E-state index contributed by atoms with van der Waals surface area (Å²) in [5, 5.41) is 0. The minimum atomic E-state index is 0.649. The molecule has 2 aliphatic carbocycles. The Hall–Kier alpha value is -0.530. The van der Waals surface area contributed by atoms with Crippen LogP contribution in [0.15, 0.2) is 4.99 Å². The summed E-state index contributed by atoms with van der Waals surface area (Å²) in [6.07, 6.45) is 5.38. The quantitative estimate of drug-likeness (QED) is 0.502. The molecule has 0 aliphatic heterocycles. The molecule has 2 rings (SSSR count). The molecule has 2 aliphatic rings. The van der Waals surface area contributed by atoms with Crippen molar-refractivity contribution in [2.75, 3.05) is 6.54 Å². The highest BCUT2D eigenvalue weighted by atomic mass is 14.9. The van der Waals surface area contributed by atoms with Crippen molar-refractivity contribution >= 4 is 5.84 Å². The lowest BCUT2D eigenvalue weighted by molar-refractivity contribution is 0.522. The first-order valence-corrected chi connectivity index (χ1v) is 5.07. The molecule has 0 spiro atoms. The monoisotopic (exact) mass is 166 g/mol. The van der Waals surface area contributed by atoms with Crippen molar-refractivity contribution in [3.8, 4) is 0 Å². The van der Waals surface area contributed by atoms with Gasteiger partial charge in [-0.2, -0.15) is 0 Å². The molecule has 0 aromatic rings. The van der Waals surface area contributed by atoms with Crippen LogP contribution < -0.4 is 5.73 Å². The van der Waals surface area contributed by atoms with Gasteiger partial charge in [0.1, 0.15) is 0 Å². The van der Waals surface area contributed by atoms with E-state index in [2.05, 4.69) is 11.9 Å². The molecule has 68 valence electrons. The third kappa shape index (κ3) is 1.99. The summed E-state index contributed by atoms with van der Waals surface area (Å²) in [6.45, 7) is 3.26. The summed E-state index contributed by atoms with van der Waals surface area (Å²) in [4.78, 5) is 4.44. The van der Waals surface area contributed by atoms with Crippen LogP contribution in [-0.2, 0) is 0 Å². The molecule has 2 nitrogen and oxygen atoms in total. The molecular weight excluding hydrogens is 148 g/mol. The number of hydrogen-bond donors (Lipinski definition) is 1. The average Bonchev–Trinajstić information content (AvgIpc) is 2.91. The molecule has 12 heavy (non-hydrogen) atoms. The summed E-state index contributed by atoms with van der Waals surface area (Å²) in [5.74, 6) is 3.29. The van der Waals surface area contributed by atoms with Gasteiger partial charge in [0.2, 0.25) is 0 Å². The van der Waals surface area contributed by atoms with E-state index in [0.717, 1.165) is 24.2 Å². The molecular formula is C10H18N2. The summed E-state index contributed by atoms with van der Waals surface area (Å²) in [6, 6.07) is 0. The minimum absolute atomic E-state index is 0.649. The standard InChI is InChI=1S/C10H18N2/c1-7(8-2-3-8)6-12-10(11)9-4-5-9/h7-9H,2-6H2,1H3,(H2,11,12). The van der Waals surface area contributed by atoms with Crippen LogP contribution in [0.3, 0.4) is 0 Å². The highest BCUT2D eigenvalue weighted by Gasteiger charge is 2.29. The van der Waals surface area contributed by atoms with Crippen LogP contribution in [0.4, 0.5) is 0 Å². The SMILES string of the molecule is CC(CN=C(N)C1CC1)C1CC1. The molecule has 2 fully saturated rings. The second kappa shape index (κ2) is 3.08. The number of nitrogens with two attached hydrogens (primary N) is 1. The highest BCUT2D eigenvalue weighted by molar-refractivity contribution is 5.84. The van der Waals surface area contributed by atoms with Crippen molar-refractivity contribution in [1.82, 2.24) is 0 Å². The maximum absolute atomic E-state index is 5.80. The zero-order chi connectivity index (χ0) is 8.55. The van der Waals surface area contributed by atoms with Gasteiger partial charge in [-0.05, 0) is 37.5 Å². The highest BCUT2D eigenvalue weighted by Crippen LogP contribution is 2.36. The fourth-order valence-corrected chi connectivity index (χ4v) is 1.57. The van der Waals surface area contributed by atoms with E-state index in [-0.39, 0.29) is 0 Å². The Labute approximate surface area is 74.2 Å². The summed E-state index contributed by atoms with van der Waals surface area (Å²) < 4.78 is 0. The lowest BCUT2D eigenvalue weighted by atomic mass is 10.1. The van der Waals surface area contributed by atoms with Gasteiger partial charge in [-0.3, -0.25) is 4.99 Å². The van der Waals surface area contributed by atoms with Gasteiger partial charge in [-0.25, -0.2) is 0 Å². The van der Waals surface area contributed by atoms with Crippen LogP contribution in [0.5, 0.6) is 0 Å². The second-order valence-electron chi connectivity index (χ2n) is 4.35. The Morgan fingerprint density at radius 2 is 2.08 bits per heavy atom. The van der Waals surface area contributed by atoms with Gasteiger partial charge in [-0.15, -0.1) is 0 Å². The fourth-order valence-electron chi connectivity index (χ4n) is 1.57. The number of hydrogen-bond acceptors (Lipinski definition) is 1. The Kier molecular flexibility index (Phi) is 2.07. The van der Waals surface area contributed by atoms with Crippen LogP contribution >= 0.6 is 0 Å². The molecule has 0 aromatic heterocycles. The Morgan fingerprint density at radius 3 is 2.58 bits per heavy atom. The van der Waals surface area contributed by atoms with Crippen LogP contribution in [0, 0.1) is 17.8 Å². The maximum atomic E-state index is 5.80. The van der Waals surface area contributed by atoms with E-state index in [9.17, 15) is 0 Å². The third-order valence-corrected chi connectivity index (χ3v) is 2.98. The topological polar surface area (TPSA) is 38.4 Å². The molecule has 2 heteroatoms. The zero-order valence-electron chi connectivity index (χ0n) is 7.79. The van der Waals surface area contributed by atoms with E-state index in [0.29, 0.717) is 5.92 Å². The van der Waals surface area contributed by atoms with Gasteiger partial charge >= 0.3 is 0 Å². The van der Waals surface area contributed by atoms with Crippen LogP contribution in [0.25, 0.3) is 0 Å². The van der Waals surface area contributed by atoms with Crippen LogP contribution in [-0.4, -0.2) is 12.4 Å². The van der Waals surface area contributed by atoms with Gasteiger partial charge in [0.15, 0.2) is 0 Å². The van der Waals surface area contributed by atoms with E-state index >= 15 is 0 Å². The molecule has 1 unspecified atom stereocenters. The van der Waals surface area contributed by atoms with E-state index < -0.39 is 0 Å². The summed E-state index contributed by atoms with van der Waals surface area (Å²) >= 11 is 0. The fraction of sp³-hybridized carbons (Fsp3) is 0.900. The van der Waals surface area contributed by atoms with Crippen LogP contribution in [0.1, 0.15) is 32.6 Å². The number of rotatable bonds is 4. The summed E-state index contributed by atoms with van der Waals surface area (Å²) in [5.41, 5.74) is 5.80. The van der Waals surface area contributed by atoms with E-state index in [4.69, 9.17) is 5.73 Å².